The van der Waals surface area contributed by atoms with E-state index >= 15 is 0 Å². The van der Waals surface area contributed by atoms with Crippen LogP contribution in [-0.2, 0) is 32.7 Å². The summed E-state index contributed by atoms with van der Waals surface area (Å²) in [6.45, 7) is 4.04. The quantitative estimate of drug-likeness (QED) is 0.0195. The van der Waals surface area contributed by atoms with Crippen molar-refractivity contribution in [3.63, 3.8) is 0 Å². The molecular formula is C92H158NO8P. The molecule has 0 rings (SSSR count). The Balaban J connectivity index is 3.95. The first kappa shape index (κ1) is 97.6. The molecule has 0 N–H and O–H groups in total. The highest BCUT2D eigenvalue weighted by Crippen LogP contribution is 2.38. The fourth-order valence-corrected chi connectivity index (χ4v) is 12.4. The molecule has 0 aromatic heterocycles. The van der Waals surface area contributed by atoms with E-state index in [2.05, 4.69) is 172 Å². The van der Waals surface area contributed by atoms with Gasteiger partial charge in [-0.25, -0.2) is 0 Å². The van der Waals surface area contributed by atoms with Gasteiger partial charge >= 0.3 is 11.9 Å². The van der Waals surface area contributed by atoms with Crippen LogP contribution in [0.15, 0.2) is 158 Å². The number of ether oxygens (including phenoxy) is 2. The molecule has 0 aliphatic rings. The molecule has 0 radical (unpaired) electrons. The van der Waals surface area contributed by atoms with Gasteiger partial charge in [-0.2, -0.15) is 0 Å². The van der Waals surface area contributed by atoms with Crippen molar-refractivity contribution in [1.29, 1.82) is 0 Å². The number of rotatable bonds is 77. The molecule has 0 aromatic rings. The average Bonchev–Trinajstić information content (AvgIpc) is 0.914. The zero-order valence-electron chi connectivity index (χ0n) is 66.8. The van der Waals surface area contributed by atoms with Gasteiger partial charge in [-0.05, 0) is 122 Å². The number of allylic oxidation sites excluding steroid dienone is 26. The summed E-state index contributed by atoms with van der Waals surface area (Å²) in [6, 6.07) is 0. The van der Waals surface area contributed by atoms with Crippen LogP contribution >= 0.6 is 7.82 Å². The summed E-state index contributed by atoms with van der Waals surface area (Å²) in [5, 5.41) is 0. The van der Waals surface area contributed by atoms with Gasteiger partial charge in [0.15, 0.2) is 6.10 Å². The maximum atomic E-state index is 12.9. The molecule has 0 aliphatic carbocycles. The number of unbranched alkanes of at least 4 members (excludes halogenated alkanes) is 37. The predicted molar refractivity (Wildman–Crippen MR) is 443 cm³/mol. The molecule has 102 heavy (non-hydrogen) atoms. The number of phosphoric ester groups is 1. The van der Waals surface area contributed by atoms with E-state index < -0.39 is 26.5 Å². The summed E-state index contributed by atoms with van der Waals surface area (Å²) < 4.78 is 34.5. The zero-order chi connectivity index (χ0) is 74.0. The molecule has 0 aliphatic heterocycles. The van der Waals surface area contributed by atoms with E-state index in [1.54, 1.807) is 0 Å². The third kappa shape index (κ3) is 84.6. The standard InChI is InChI=1S/C92H158NO8P/c1-6-8-10-12-14-16-18-20-22-24-26-28-30-32-34-36-38-40-42-44-46-48-50-52-54-56-58-60-62-64-66-68-70-72-74-76-78-80-82-84-91(94)98-88-90(89-100-102(96,97)99-87-86-93(3,4)5)101-92(95)85-83-81-79-77-75-73-71-69-67-65-63-61-59-57-55-53-51-49-47-45-43-41-39-37-35-33-31-29-27-25-23-21-19-17-15-13-11-9-7-2/h8-11,14-17,20-23,26-29,32-35,39,41,45,47,51,53,90H,6-7,12-13,18-19,24-25,30-31,36-38,40,42-44,46,48-50,52,54-89H2,1-5H3/b10-8-,11-9-,16-14-,17-15-,22-20-,23-21-,28-26-,29-27-,34-32-,35-33-,41-39-,47-45-,53-51-. The van der Waals surface area contributed by atoms with E-state index in [0.29, 0.717) is 17.4 Å². The fourth-order valence-electron chi connectivity index (χ4n) is 11.7. The highest BCUT2D eigenvalue weighted by atomic mass is 31.2. The molecule has 0 bridgehead atoms. The van der Waals surface area contributed by atoms with E-state index in [4.69, 9.17) is 18.5 Å². The number of nitrogens with zero attached hydrogens (tertiary/aromatic N) is 1. The van der Waals surface area contributed by atoms with Gasteiger partial charge in [0.25, 0.3) is 7.82 Å². The van der Waals surface area contributed by atoms with E-state index in [-0.39, 0.29) is 32.0 Å². The number of hydrogen-bond acceptors (Lipinski definition) is 8. The number of hydrogen-bond donors (Lipinski definition) is 0. The van der Waals surface area contributed by atoms with Gasteiger partial charge in [-0.1, -0.05) is 384 Å². The monoisotopic (exact) mass is 1440 g/mol. The molecule has 2 unspecified atom stereocenters. The normalized spacial score (nSPS) is 13.8. The maximum absolute atomic E-state index is 12.9. The van der Waals surface area contributed by atoms with Crippen molar-refractivity contribution in [3.8, 4) is 0 Å². The second-order valence-corrected chi connectivity index (χ2v) is 30.5. The Morgan fingerprint density at radius 1 is 0.304 bits per heavy atom. The lowest BCUT2D eigenvalue weighted by Crippen LogP contribution is -2.37. The van der Waals surface area contributed by atoms with Crippen LogP contribution in [0.3, 0.4) is 0 Å². The smallest absolute Gasteiger partial charge is 0.306 e. The van der Waals surface area contributed by atoms with Crippen LogP contribution in [0.25, 0.3) is 0 Å². The van der Waals surface area contributed by atoms with E-state index in [9.17, 15) is 19.0 Å². The number of phosphoric acid groups is 1. The van der Waals surface area contributed by atoms with Gasteiger partial charge in [0.05, 0.1) is 27.7 Å². The minimum atomic E-state index is -4.65. The Hall–Kier alpha value is -4.37. The van der Waals surface area contributed by atoms with Gasteiger partial charge in [0, 0.05) is 12.8 Å². The van der Waals surface area contributed by atoms with Crippen LogP contribution in [0.2, 0.25) is 0 Å². The lowest BCUT2D eigenvalue weighted by atomic mass is 10.0. The highest BCUT2D eigenvalue weighted by Gasteiger charge is 2.22. The first-order chi connectivity index (χ1) is 50.0. The number of esters is 2. The van der Waals surface area contributed by atoms with Crippen LogP contribution in [0.1, 0.15) is 361 Å². The Morgan fingerprint density at radius 3 is 0.784 bits per heavy atom. The van der Waals surface area contributed by atoms with E-state index in [1.807, 2.05) is 21.1 Å². The molecule has 584 valence electrons. The second kappa shape index (κ2) is 80.7. The number of carbonyl (C=O) groups excluding carboxylic acids is 2. The van der Waals surface area contributed by atoms with Crippen molar-refractivity contribution in [2.75, 3.05) is 47.5 Å². The molecule has 0 aromatic carbocycles. The summed E-state index contributed by atoms with van der Waals surface area (Å²) >= 11 is 0. The van der Waals surface area contributed by atoms with E-state index in [0.717, 1.165) is 122 Å². The average molecular weight is 1440 g/mol. The van der Waals surface area contributed by atoms with Crippen molar-refractivity contribution in [3.05, 3.63) is 158 Å². The van der Waals surface area contributed by atoms with Crippen molar-refractivity contribution >= 4 is 19.8 Å². The lowest BCUT2D eigenvalue weighted by Gasteiger charge is -2.28. The molecule has 0 fully saturated rings. The van der Waals surface area contributed by atoms with Crippen LogP contribution in [0, 0.1) is 0 Å². The molecule has 0 amide bonds. The fraction of sp³-hybridized carbons (Fsp3) is 0.696. The van der Waals surface area contributed by atoms with Gasteiger partial charge in [-0.3, -0.25) is 14.2 Å². The molecule has 2 atom stereocenters. The van der Waals surface area contributed by atoms with Crippen molar-refractivity contribution < 1.29 is 42.1 Å². The molecule has 0 saturated heterocycles. The van der Waals surface area contributed by atoms with Gasteiger partial charge in [0.1, 0.15) is 19.8 Å². The minimum Gasteiger partial charge on any atom is -0.756 e. The molecule has 0 heterocycles. The largest absolute Gasteiger partial charge is 0.756 e. The van der Waals surface area contributed by atoms with Crippen molar-refractivity contribution in [2.24, 2.45) is 0 Å². The summed E-state index contributed by atoms with van der Waals surface area (Å²) in [7, 11) is 1.17. The Kier molecular flexibility index (Phi) is 77.3. The number of likely N-dealkylation sites (N-methyl/N-ethyl adjacent to an activating group) is 1. The zero-order valence-corrected chi connectivity index (χ0v) is 67.7. The number of quaternary nitrogens is 1. The maximum Gasteiger partial charge on any atom is 0.306 e. The summed E-state index contributed by atoms with van der Waals surface area (Å²) in [6.07, 6.45) is 121. The van der Waals surface area contributed by atoms with Crippen LogP contribution < -0.4 is 4.89 Å². The van der Waals surface area contributed by atoms with Crippen molar-refractivity contribution in [1.82, 2.24) is 0 Å². The summed E-state index contributed by atoms with van der Waals surface area (Å²) in [5.74, 6) is -0.825. The van der Waals surface area contributed by atoms with Gasteiger partial charge in [0.2, 0.25) is 0 Å². The van der Waals surface area contributed by atoms with E-state index in [1.165, 1.54) is 205 Å². The molecule has 0 saturated carbocycles. The first-order valence-corrected chi connectivity index (χ1v) is 43.7. The summed E-state index contributed by atoms with van der Waals surface area (Å²) in [5.41, 5.74) is 0. The summed E-state index contributed by atoms with van der Waals surface area (Å²) in [4.78, 5) is 38.2. The third-order valence-corrected chi connectivity index (χ3v) is 19.0. The van der Waals surface area contributed by atoms with Crippen molar-refractivity contribution in [2.45, 2.75) is 367 Å². The second-order valence-electron chi connectivity index (χ2n) is 29.1. The SMILES string of the molecule is CC/C=C\C/C=C\C/C=C\C/C=C\C/C=C\C/C=C\C/C=C\C/C=C\CCCCCCCCCCCCCCCCC(=O)OC(COC(=O)CCCCCCCCCCCCCCCCCCCCCCCCC/C=C\C/C=C\C/C=C\C/C=C\C/C=C\CC)COP(=O)([O-])OCC[N+](C)(C)C. The van der Waals surface area contributed by atoms with Crippen LogP contribution in [0.5, 0.6) is 0 Å². The van der Waals surface area contributed by atoms with Crippen LogP contribution in [-0.4, -0.2) is 70.0 Å². The third-order valence-electron chi connectivity index (χ3n) is 18.0. The topological polar surface area (TPSA) is 111 Å². The molecular weight excluding hydrogens is 1280 g/mol. The van der Waals surface area contributed by atoms with Gasteiger partial charge in [-0.15, -0.1) is 0 Å². The first-order valence-electron chi connectivity index (χ1n) is 42.2. The Morgan fingerprint density at radius 2 is 0.529 bits per heavy atom. The Bertz CT molecular complexity index is 2290. The Labute approximate surface area is 630 Å². The highest BCUT2D eigenvalue weighted by molar-refractivity contribution is 7.45. The molecule has 10 heteroatoms. The number of carbonyl (C=O) groups is 2. The lowest BCUT2D eigenvalue weighted by molar-refractivity contribution is -0.870. The molecule has 0 spiro atoms. The predicted octanol–water partition coefficient (Wildman–Crippen LogP) is 28.0. The molecule has 9 nitrogen and oxygen atoms in total. The minimum absolute atomic E-state index is 0.0344. The van der Waals surface area contributed by atoms with Gasteiger partial charge < -0.3 is 27.9 Å². The van der Waals surface area contributed by atoms with Crippen LogP contribution in [0.4, 0.5) is 0 Å².